The maximum Gasteiger partial charge on any atom is 0.300 e. The van der Waals surface area contributed by atoms with Gasteiger partial charge >= 0.3 is 0 Å². The van der Waals surface area contributed by atoms with Gasteiger partial charge in [-0.2, -0.15) is 0 Å². The van der Waals surface area contributed by atoms with Crippen molar-refractivity contribution in [3.05, 3.63) is 114 Å². The van der Waals surface area contributed by atoms with E-state index >= 15 is 0 Å². The van der Waals surface area contributed by atoms with E-state index in [1.165, 1.54) is 6.20 Å². The van der Waals surface area contributed by atoms with Crippen LogP contribution in [-0.4, -0.2) is 21.8 Å². The van der Waals surface area contributed by atoms with Crippen LogP contribution in [-0.2, 0) is 9.59 Å². The second-order valence-electron chi connectivity index (χ2n) is 7.55. The molecule has 7 heteroatoms. The highest BCUT2D eigenvalue weighted by Crippen LogP contribution is 2.43. The summed E-state index contributed by atoms with van der Waals surface area (Å²) in [6, 6.07) is 18.7. The Hall–Kier alpha value is -4.39. The number of rotatable bonds is 3. The molecule has 4 aromatic rings. The van der Waals surface area contributed by atoms with Gasteiger partial charge in [0.1, 0.15) is 23.4 Å². The van der Waals surface area contributed by atoms with E-state index < -0.39 is 40.8 Å². The largest absolute Gasteiger partial charge is 0.507 e. The number of carbonyl (C=O) groups excluding carboxylic acids is 2. The van der Waals surface area contributed by atoms with Gasteiger partial charge in [-0.1, -0.05) is 48.5 Å². The van der Waals surface area contributed by atoms with E-state index in [2.05, 4.69) is 4.98 Å². The van der Waals surface area contributed by atoms with E-state index in [0.717, 1.165) is 28.5 Å². The average Bonchev–Trinajstić information content (AvgIpc) is 3.10. The summed E-state index contributed by atoms with van der Waals surface area (Å²) in [4.78, 5) is 31.3. The lowest BCUT2D eigenvalue weighted by molar-refractivity contribution is -0.132. The first-order chi connectivity index (χ1) is 16.0. The quantitative estimate of drug-likeness (QED) is 0.271. The van der Waals surface area contributed by atoms with Crippen LogP contribution in [0.3, 0.4) is 0 Å². The number of amides is 1. The number of aliphatic hydroxyl groups excluding tert-OH is 1. The smallest absolute Gasteiger partial charge is 0.300 e. The summed E-state index contributed by atoms with van der Waals surface area (Å²) >= 11 is 0. The zero-order valence-electron chi connectivity index (χ0n) is 17.1. The van der Waals surface area contributed by atoms with Gasteiger partial charge in [0.05, 0.1) is 17.0 Å². The topological polar surface area (TPSA) is 70.5 Å². The Balaban J connectivity index is 1.80. The first-order valence-electron chi connectivity index (χ1n) is 10.1. The molecule has 1 fully saturated rings. The van der Waals surface area contributed by atoms with Crippen LogP contribution >= 0.6 is 0 Å². The minimum absolute atomic E-state index is 0.224. The molecule has 1 N–H and O–H groups in total. The summed E-state index contributed by atoms with van der Waals surface area (Å²) in [6.07, 6.45) is 1.45. The molecule has 1 atom stereocenters. The van der Waals surface area contributed by atoms with Crippen LogP contribution in [0.2, 0.25) is 0 Å². The number of fused-ring (bicyclic) bond motifs is 1. The lowest BCUT2D eigenvalue weighted by atomic mass is 9.95. The molecule has 33 heavy (non-hydrogen) atoms. The van der Waals surface area contributed by atoms with Gasteiger partial charge in [-0.05, 0) is 35.0 Å². The predicted molar refractivity (Wildman–Crippen MR) is 119 cm³/mol. The molecule has 0 aliphatic carbocycles. The van der Waals surface area contributed by atoms with Crippen molar-refractivity contribution in [2.24, 2.45) is 0 Å². The molecule has 1 amide bonds. The van der Waals surface area contributed by atoms with Gasteiger partial charge in [-0.25, -0.2) is 8.78 Å². The van der Waals surface area contributed by atoms with Gasteiger partial charge in [-0.15, -0.1) is 0 Å². The molecule has 2 heterocycles. The van der Waals surface area contributed by atoms with Crippen molar-refractivity contribution in [2.75, 3.05) is 4.90 Å². The molecule has 1 aromatic heterocycles. The second-order valence-corrected chi connectivity index (χ2v) is 7.55. The van der Waals surface area contributed by atoms with Crippen LogP contribution < -0.4 is 4.90 Å². The SMILES string of the molecule is O=C1C(=O)N(c2cc(F)ccc2F)C(c2ccccn2)/C1=C(/O)c1cccc2ccccc12. The minimum Gasteiger partial charge on any atom is -0.507 e. The van der Waals surface area contributed by atoms with E-state index in [1.807, 2.05) is 18.2 Å². The van der Waals surface area contributed by atoms with E-state index in [-0.39, 0.29) is 11.3 Å². The third-order valence-corrected chi connectivity index (χ3v) is 5.62. The summed E-state index contributed by atoms with van der Waals surface area (Å²) in [7, 11) is 0. The fraction of sp³-hybridized carbons (Fsp3) is 0.0385. The number of hydrogen-bond donors (Lipinski definition) is 1. The van der Waals surface area contributed by atoms with Crippen LogP contribution in [0.25, 0.3) is 16.5 Å². The summed E-state index contributed by atoms with van der Waals surface area (Å²) < 4.78 is 28.7. The zero-order chi connectivity index (χ0) is 23.1. The van der Waals surface area contributed by atoms with Crippen molar-refractivity contribution in [1.29, 1.82) is 0 Å². The number of Topliss-reactive ketones (excluding diaryl/α,β-unsaturated/α-hetero) is 1. The molecule has 5 rings (SSSR count). The van der Waals surface area contributed by atoms with Gasteiger partial charge in [0.2, 0.25) is 0 Å². The Bertz CT molecular complexity index is 1450. The Morgan fingerprint density at radius 3 is 2.45 bits per heavy atom. The van der Waals surface area contributed by atoms with Crippen LogP contribution in [0.15, 0.2) is 90.6 Å². The van der Waals surface area contributed by atoms with Crippen molar-refractivity contribution in [3.63, 3.8) is 0 Å². The second kappa shape index (κ2) is 7.94. The molecule has 1 aliphatic rings. The summed E-state index contributed by atoms with van der Waals surface area (Å²) in [5, 5.41) is 12.8. The van der Waals surface area contributed by atoms with Crippen molar-refractivity contribution >= 4 is 33.9 Å². The molecule has 3 aromatic carbocycles. The molecule has 0 saturated carbocycles. The van der Waals surface area contributed by atoms with E-state index in [1.54, 1.807) is 42.5 Å². The summed E-state index contributed by atoms with van der Waals surface area (Å²) in [5.74, 6) is -4.18. The number of pyridine rings is 1. The van der Waals surface area contributed by atoms with Gasteiger partial charge in [-0.3, -0.25) is 19.5 Å². The monoisotopic (exact) mass is 442 g/mol. The number of ketones is 1. The molecule has 0 radical (unpaired) electrons. The number of benzene rings is 3. The van der Waals surface area contributed by atoms with Gasteiger partial charge in [0.15, 0.2) is 0 Å². The van der Waals surface area contributed by atoms with Gasteiger partial charge in [0.25, 0.3) is 11.7 Å². The lowest BCUT2D eigenvalue weighted by Crippen LogP contribution is -2.30. The van der Waals surface area contributed by atoms with Gasteiger partial charge in [0, 0.05) is 17.8 Å². The first kappa shape index (κ1) is 20.5. The van der Waals surface area contributed by atoms with Crippen molar-refractivity contribution in [2.45, 2.75) is 6.04 Å². The van der Waals surface area contributed by atoms with Crippen molar-refractivity contribution < 1.29 is 23.5 Å². The number of aromatic nitrogens is 1. The summed E-state index contributed by atoms with van der Waals surface area (Å²) in [6.45, 7) is 0. The number of hydrogen-bond acceptors (Lipinski definition) is 4. The molecule has 0 spiro atoms. The Morgan fingerprint density at radius 1 is 0.909 bits per heavy atom. The molecule has 1 unspecified atom stereocenters. The van der Waals surface area contributed by atoms with E-state index in [9.17, 15) is 23.5 Å². The summed E-state index contributed by atoms with van der Waals surface area (Å²) in [5.41, 5.74) is -0.0997. The molecule has 0 bridgehead atoms. The maximum atomic E-state index is 14.7. The number of carbonyl (C=O) groups is 2. The van der Waals surface area contributed by atoms with Gasteiger partial charge < -0.3 is 5.11 Å². The standard InChI is InChI=1S/C26H16F2N2O3/c27-16-11-12-19(28)21(14-16)30-23(20-10-3-4-13-29-20)22(25(32)26(30)33)24(31)18-9-5-7-15-6-1-2-8-17(15)18/h1-14,23,31H/b24-22-. The minimum atomic E-state index is -1.25. The fourth-order valence-corrected chi connectivity index (χ4v) is 4.15. The number of halogens is 2. The average molecular weight is 442 g/mol. The van der Waals surface area contributed by atoms with Crippen molar-refractivity contribution in [1.82, 2.24) is 4.98 Å². The molecule has 5 nitrogen and oxygen atoms in total. The number of aliphatic hydroxyl groups is 1. The Morgan fingerprint density at radius 2 is 1.67 bits per heavy atom. The highest BCUT2D eigenvalue weighted by Gasteiger charge is 2.48. The Labute approximate surface area is 187 Å². The number of nitrogens with zero attached hydrogens (tertiary/aromatic N) is 2. The maximum absolute atomic E-state index is 14.7. The molecular formula is C26H16F2N2O3. The first-order valence-corrected chi connectivity index (χ1v) is 10.1. The molecule has 1 saturated heterocycles. The van der Waals surface area contributed by atoms with E-state index in [4.69, 9.17) is 0 Å². The number of anilines is 1. The highest BCUT2D eigenvalue weighted by atomic mass is 19.1. The van der Waals surface area contributed by atoms with Crippen LogP contribution in [0.5, 0.6) is 0 Å². The van der Waals surface area contributed by atoms with Crippen LogP contribution in [0.1, 0.15) is 17.3 Å². The van der Waals surface area contributed by atoms with Crippen LogP contribution in [0, 0.1) is 11.6 Å². The third kappa shape index (κ3) is 3.34. The van der Waals surface area contributed by atoms with Crippen LogP contribution in [0.4, 0.5) is 14.5 Å². The zero-order valence-corrected chi connectivity index (χ0v) is 17.1. The van der Waals surface area contributed by atoms with Crippen molar-refractivity contribution in [3.8, 4) is 0 Å². The predicted octanol–water partition coefficient (Wildman–Crippen LogP) is 5.14. The molecule has 162 valence electrons. The highest BCUT2D eigenvalue weighted by molar-refractivity contribution is 6.51. The molecular weight excluding hydrogens is 426 g/mol. The molecule has 1 aliphatic heterocycles. The normalized spacial score (nSPS) is 17.6. The van der Waals surface area contributed by atoms with E-state index in [0.29, 0.717) is 10.9 Å². The third-order valence-electron chi connectivity index (χ3n) is 5.62. The Kier molecular flexibility index (Phi) is 4.94. The fourth-order valence-electron chi connectivity index (χ4n) is 4.15. The lowest BCUT2D eigenvalue weighted by Gasteiger charge is -2.25.